The van der Waals surface area contributed by atoms with Gasteiger partial charge in [0.15, 0.2) is 0 Å². The molecule has 0 aliphatic rings. The largest absolute Gasteiger partial charge is 0.312 e. The first kappa shape index (κ1) is 29.2. The van der Waals surface area contributed by atoms with E-state index in [1.807, 2.05) is 115 Å². The molecule has 6 rings (SSSR count). The number of carbonyl (C=O) groups excluding carboxylic acids is 1. The van der Waals surface area contributed by atoms with Crippen molar-refractivity contribution in [2.24, 2.45) is 11.5 Å². The molecule has 0 saturated carbocycles. The summed E-state index contributed by atoms with van der Waals surface area (Å²) in [6.45, 7) is 2.74. The topological polar surface area (TPSA) is 107 Å². The van der Waals surface area contributed by atoms with Gasteiger partial charge in [-0.3, -0.25) is 14.2 Å². The lowest BCUT2D eigenvalue weighted by atomic mass is 9.97. The Labute approximate surface area is 260 Å². The molecule has 0 aliphatic carbocycles. The molecule has 0 aliphatic heterocycles. The van der Waals surface area contributed by atoms with Gasteiger partial charge >= 0.3 is 0 Å². The lowest BCUT2D eigenvalue weighted by molar-refractivity contribution is 0.0989. The second-order valence-electron chi connectivity index (χ2n) is 10.6. The molecule has 0 atom stereocenters. The van der Waals surface area contributed by atoms with Crippen LogP contribution in [-0.2, 0) is 19.5 Å². The molecule has 44 heavy (non-hydrogen) atoms. The van der Waals surface area contributed by atoms with E-state index in [1.54, 1.807) is 15.5 Å². The molecule has 2 aromatic heterocycles. The van der Waals surface area contributed by atoms with Crippen molar-refractivity contribution in [1.29, 1.82) is 0 Å². The number of carbonyl (C=O) groups is 1. The minimum atomic E-state index is -0.575. The summed E-state index contributed by atoms with van der Waals surface area (Å²) in [6, 6.07) is 35.0. The van der Waals surface area contributed by atoms with Gasteiger partial charge < -0.3 is 16.4 Å². The van der Waals surface area contributed by atoms with Crippen LogP contribution in [0.15, 0.2) is 119 Å². The first-order chi connectivity index (χ1) is 21.4. The van der Waals surface area contributed by atoms with Crippen LogP contribution in [0, 0.1) is 0 Å². The van der Waals surface area contributed by atoms with E-state index in [0.29, 0.717) is 46.8 Å². The van der Waals surface area contributed by atoms with Gasteiger partial charge in [0.25, 0.3) is 11.5 Å². The normalized spacial score (nSPS) is 11.3. The van der Waals surface area contributed by atoms with E-state index in [4.69, 9.17) is 16.5 Å². The predicted octanol–water partition coefficient (Wildman–Crippen LogP) is 6.50. The molecule has 4 N–H and O–H groups in total. The van der Waals surface area contributed by atoms with Crippen LogP contribution in [0.2, 0.25) is 0 Å². The van der Waals surface area contributed by atoms with Crippen molar-refractivity contribution in [3.8, 4) is 11.1 Å². The van der Waals surface area contributed by atoms with Crippen molar-refractivity contribution in [2.45, 2.75) is 32.6 Å². The number of hydrogen-bond donors (Lipinski definition) is 2. The monoisotopic (exact) mass is 599 g/mol. The van der Waals surface area contributed by atoms with Gasteiger partial charge in [-0.1, -0.05) is 91.9 Å². The summed E-state index contributed by atoms with van der Waals surface area (Å²) in [7, 11) is 0. The van der Waals surface area contributed by atoms with E-state index in [0.717, 1.165) is 27.8 Å². The molecule has 0 radical (unpaired) electrons. The molecule has 1 amide bonds. The van der Waals surface area contributed by atoms with Crippen LogP contribution in [0.3, 0.4) is 0 Å². The second kappa shape index (κ2) is 12.8. The van der Waals surface area contributed by atoms with Gasteiger partial charge in [0.2, 0.25) is 0 Å². The standard InChI is InChI=1S/C36H33N5O2S/c1-2-33-39-31-19-18-27(40(22-24-9-4-3-5-10-24)36(43)32-13-8-20-44-32)21-30(31)35(42)41(33)23-25-14-16-26(17-15-25)28-11-6-7-12-29(28)34(37)38/h3-21,34H,2,22-23,37-38H2,1H3. The maximum absolute atomic E-state index is 14.0. The van der Waals surface area contributed by atoms with E-state index < -0.39 is 6.17 Å². The van der Waals surface area contributed by atoms with E-state index in [1.165, 1.54) is 11.3 Å². The van der Waals surface area contributed by atoms with Gasteiger partial charge in [0.1, 0.15) is 5.82 Å². The number of anilines is 1. The van der Waals surface area contributed by atoms with Crippen LogP contribution in [0.4, 0.5) is 5.69 Å². The number of nitrogens with zero attached hydrogens (tertiary/aromatic N) is 3. The second-order valence-corrected chi connectivity index (χ2v) is 11.6. The quantitative estimate of drug-likeness (QED) is 0.185. The summed E-state index contributed by atoms with van der Waals surface area (Å²) in [5, 5.41) is 2.36. The third-order valence-electron chi connectivity index (χ3n) is 7.73. The Morgan fingerprint density at radius 1 is 0.886 bits per heavy atom. The average Bonchev–Trinajstić information content (AvgIpc) is 3.61. The number of aryl methyl sites for hydroxylation is 1. The molecule has 8 heteroatoms. The molecule has 0 spiro atoms. The van der Waals surface area contributed by atoms with Crippen molar-refractivity contribution in [2.75, 3.05) is 4.90 Å². The number of aromatic nitrogens is 2. The van der Waals surface area contributed by atoms with Gasteiger partial charge in [-0.25, -0.2) is 4.98 Å². The third kappa shape index (κ3) is 5.96. The zero-order valence-electron chi connectivity index (χ0n) is 24.4. The number of rotatable bonds is 9. The van der Waals surface area contributed by atoms with Crippen molar-refractivity contribution < 1.29 is 4.79 Å². The minimum Gasteiger partial charge on any atom is -0.312 e. The highest BCUT2D eigenvalue weighted by Gasteiger charge is 2.21. The highest BCUT2D eigenvalue weighted by atomic mass is 32.1. The fourth-order valence-electron chi connectivity index (χ4n) is 5.46. The molecule has 7 nitrogen and oxygen atoms in total. The smallest absolute Gasteiger partial charge is 0.268 e. The highest BCUT2D eigenvalue weighted by molar-refractivity contribution is 7.12. The molecule has 4 aromatic carbocycles. The van der Waals surface area contributed by atoms with Gasteiger partial charge in [0.05, 0.1) is 35.0 Å². The fourth-order valence-corrected chi connectivity index (χ4v) is 6.13. The Balaban J connectivity index is 1.37. The van der Waals surface area contributed by atoms with Crippen LogP contribution in [0.5, 0.6) is 0 Å². The Morgan fingerprint density at radius 2 is 1.64 bits per heavy atom. The zero-order valence-corrected chi connectivity index (χ0v) is 25.2. The SMILES string of the molecule is CCc1nc2ccc(N(Cc3ccccc3)C(=O)c3cccs3)cc2c(=O)n1Cc1ccc(-c2ccccc2C(N)N)cc1. The molecule has 0 bridgehead atoms. The Kier molecular flexibility index (Phi) is 8.47. The van der Waals surface area contributed by atoms with Gasteiger partial charge in [-0.2, -0.15) is 0 Å². The third-order valence-corrected chi connectivity index (χ3v) is 8.59. The van der Waals surface area contributed by atoms with Crippen LogP contribution in [-0.4, -0.2) is 15.5 Å². The van der Waals surface area contributed by atoms with Gasteiger partial charge in [-0.15, -0.1) is 11.3 Å². The number of amides is 1. The van der Waals surface area contributed by atoms with Crippen molar-refractivity contribution in [3.63, 3.8) is 0 Å². The van der Waals surface area contributed by atoms with E-state index >= 15 is 0 Å². The van der Waals surface area contributed by atoms with E-state index in [2.05, 4.69) is 0 Å². The summed E-state index contributed by atoms with van der Waals surface area (Å²) < 4.78 is 1.73. The Bertz CT molecular complexity index is 1970. The summed E-state index contributed by atoms with van der Waals surface area (Å²) >= 11 is 1.40. The first-order valence-electron chi connectivity index (χ1n) is 14.5. The minimum absolute atomic E-state index is 0.112. The molecule has 0 fully saturated rings. The predicted molar refractivity (Wildman–Crippen MR) is 179 cm³/mol. The average molecular weight is 600 g/mol. The van der Waals surface area contributed by atoms with Gasteiger partial charge in [-0.05, 0) is 57.5 Å². The Hall–Kier alpha value is -4.89. The molecular weight excluding hydrogens is 566 g/mol. The molecule has 220 valence electrons. The van der Waals surface area contributed by atoms with E-state index in [9.17, 15) is 9.59 Å². The molecule has 0 unspecified atom stereocenters. The number of thiophene rings is 1. The summed E-state index contributed by atoms with van der Waals surface area (Å²) in [4.78, 5) is 34.9. The number of nitrogens with two attached hydrogens (primary N) is 2. The van der Waals surface area contributed by atoms with Crippen molar-refractivity contribution in [3.05, 3.63) is 152 Å². The summed E-state index contributed by atoms with van der Waals surface area (Å²) in [5.41, 5.74) is 17.9. The van der Waals surface area contributed by atoms with Crippen LogP contribution >= 0.6 is 11.3 Å². The van der Waals surface area contributed by atoms with Crippen molar-refractivity contribution in [1.82, 2.24) is 9.55 Å². The zero-order chi connectivity index (χ0) is 30.6. The highest BCUT2D eigenvalue weighted by Crippen LogP contribution is 2.27. The van der Waals surface area contributed by atoms with Crippen LogP contribution in [0.1, 0.15) is 45.3 Å². The summed E-state index contributed by atoms with van der Waals surface area (Å²) in [6.07, 6.45) is 0.0263. The fraction of sp³-hybridized carbons (Fsp3) is 0.139. The van der Waals surface area contributed by atoms with Crippen LogP contribution in [0.25, 0.3) is 22.0 Å². The molecule has 2 heterocycles. The lowest BCUT2D eigenvalue weighted by Gasteiger charge is -2.23. The first-order valence-corrected chi connectivity index (χ1v) is 15.4. The summed E-state index contributed by atoms with van der Waals surface area (Å²) in [5.74, 6) is 0.591. The molecular formula is C36H33N5O2S. The molecule has 6 aromatic rings. The number of hydrogen-bond acceptors (Lipinski definition) is 6. The number of benzene rings is 4. The van der Waals surface area contributed by atoms with Crippen LogP contribution < -0.4 is 21.9 Å². The Morgan fingerprint density at radius 3 is 2.34 bits per heavy atom. The maximum atomic E-state index is 14.0. The maximum Gasteiger partial charge on any atom is 0.268 e. The van der Waals surface area contributed by atoms with E-state index in [-0.39, 0.29) is 11.5 Å². The molecule has 0 saturated heterocycles. The van der Waals surface area contributed by atoms with Gasteiger partial charge in [0, 0.05) is 12.1 Å². The number of fused-ring (bicyclic) bond motifs is 1. The lowest BCUT2D eigenvalue weighted by Crippen LogP contribution is -2.30. The van der Waals surface area contributed by atoms with Crippen molar-refractivity contribution >= 4 is 33.8 Å².